The summed E-state index contributed by atoms with van der Waals surface area (Å²) in [5.41, 5.74) is 2.22. The van der Waals surface area contributed by atoms with Gasteiger partial charge in [-0.2, -0.15) is 0 Å². The lowest BCUT2D eigenvalue weighted by Crippen LogP contribution is -2.46. The summed E-state index contributed by atoms with van der Waals surface area (Å²) < 4.78 is 0. The zero-order valence-corrected chi connectivity index (χ0v) is 17.9. The van der Waals surface area contributed by atoms with Gasteiger partial charge in [0.15, 0.2) is 5.11 Å². The number of rotatable bonds is 4. The standard InChI is InChI=1S/C20H22Cl2N4OS/c1-2-25-9-11-26(12-10-25)18-8-7-16(13-17(18)22)23-20(28)24-19(27)14-3-5-15(21)6-4-14/h3-8,13H,2,9-12H2,1H3,(H2,23,24,27,28). The van der Waals surface area contributed by atoms with E-state index in [9.17, 15) is 4.79 Å². The van der Waals surface area contributed by atoms with Gasteiger partial charge in [-0.3, -0.25) is 10.1 Å². The number of benzene rings is 2. The number of hydrogen-bond donors (Lipinski definition) is 2. The Hall–Kier alpha value is -1.86. The van der Waals surface area contributed by atoms with Gasteiger partial charge in [0.2, 0.25) is 0 Å². The van der Waals surface area contributed by atoms with Crippen LogP contribution in [-0.2, 0) is 0 Å². The Morgan fingerprint density at radius 3 is 2.36 bits per heavy atom. The number of hydrogen-bond acceptors (Lipinski definition) is 4. The fourth-order valence-corrected chi connectivity index (χ4v) is 3.72. The van der Waals surface area contributed by atoms with Crippen LogP contribution < -0.4 is 15.5 Å². The average molecular weight is 437 g/mol. The van der Waals surface area contributed by atoms with Crippen LogP contribution in [0.25, 0.3) is 0 Å². The minimum Gasteiger partial charge on any atom is -0.368 e. The molecule has 0 spiro atoms. The smallest absolute Gasteiger partial charge is 0.257 e. The van der Waals surface area contributed by atoms with Crippen LogP contribution in [0, 0.1) is 0 Å². The van der Waals surface area contributed by atoms with Crippen molar-refractivity contribution in [1.29, 1.82) is 0 Å². The molecule has 1 fully saturated rings. The van der Waals surface area contributed by atoms with Crippen molar-refractivity contribution in [2.24, 2.45) is 0 Å². The van der Waals surface area contributed by atoms with Crippen molar-refractivity contribution < 1.29 is 4.79 Å². The number of likely N-dealkylation sites (N-methyl/N-ethyl adjacent to an activating group) is 1. The van der Waals surface area contributed by atoms with Crippen molar-refractivity contribution >= 4 is 57.8 Å². The summed E-state index contributed by atoms with van der Waals surface area (Å²) in [4.78, 5) is 16.9. The first-order valence-electron chi connectivity index (χ1n) is 9.11. The molecule has 0 saturated carbocycles. The second-order valence-corrected chi connectivity index (χ2v) is 7.75. The third-order valence-corrected chi connectivity index (χ3v) is 5.46. The lowest BCUT2D eigenvalue weighted by Gasteiger charge is -2.36. The molecular formula is C20H22Cl2N4OS. The van der Waals surface area contributed by atoms with Crippen LogP contribution in [0.3, 0.4) is 0 Å². The lowest BCUT2D eigenvalue weighted by molar-refractivity contribution is 0.0978. The van der Waals surface area contributed by atoms with Gasteiger partial charge >= 0.3 is 0 Å². The van der Waals surface area contributed by atoms with Crippen molar-refractivity contribution in [3.05, 3.63) is 58.1 Å². The number of halogens is 2. The van der Waals surface area contributed by atoms with E-state index in [4.69, 9.17) is 35.4 Å². The molecule has 8 heteroatoms. The summed E-state index contributed by atoms with van der Waals surface area (Å²) in [5.74, 6) is -0.300. The topological polar surface area (TPSA) is 47.6 Å². The van der Waals surface area contributed by atoms with E-state index >= 15 is 0 Å². The fourth-order valence-electron chi connectivity index (χ4n) is 3.09. The quantitative estimate of drug-likeness (QED) is 0.700. The Kier molecular flexibility index (Phi) is 7.13. The van der Waals surface area contributed by atoms with Crippen molar-refractivity contribution in [1.82, 2.24) is 10.2 Å². The number of nitrogens with one attached hydrogen (secondary N) is 2. The summed E-state index contributed by atoms with van der Waals surface area (Å²) in [6, 6.07) is 12.3. The maximum absolute atomic E-state index is 12.2. The van der Waals surface area contributed by atoms with E-state index < -0.39 is 0 Å². The van der Waals surface area contributed by atoms with Gasteiger partial charge in [-0.15, -0.1) is 0 Å². The zero-order valence-electron chi connectivity index (χ0n) is 15.5. The zero-order chi connectivity index (χ0) is 20.1. The molecule has 2 aromatic rings. The van der Waals surface area contributed by atoms with E-state index in [1.54, 1.807) is 24.3 Å². The molecule has 148 valence electrons. The van der Waals surface area contributed by atoms with Crippen LogP contribution in [0.5, 0.6) is 0 Å². The number of carbonyl (C=O) groups excluding carboxylic acids is 1. The molecule has 1 aliphatic rings. The molecule has 0 aliphatic carbocycles. The largest absolute Gasteiger partial charge is 0.368 e. The average Bonchev–Trinajstić information content (AvgIpc) is 2.68. The highest BCUT2D eigenvalue weighted by Gasteiger charge is 2.18. The Morgan fingerprint density at radius 1 is 1.07 bits per heavy atom. The van der Waals surface area contributed by atoms with Crippen molar-refractivity contribution in [2.45, 2.75) is 6.92 Å². The van der Waals surface area contributed by atoms with Crippen LogP contribution in [-0.4, -0.2) is 48.6 Å². The number of nitrogens with zero attached hydrogens (tertiary/aromatic N) is 2. The van der Waals surface area contributed by atoms with Gasteiger partial charge in [0.1, 0.15) is 0 Å². The summed E-state index contributed by atoms with van der Waals surface area (Å²) in [5, 5.41) is 7.09. The normalized spacial score (nSPS) is 14.6. The first kappa shape index (κ1) is 20.9. The number of amides is 1. The molecule has 3 rings (SSSR count). The van der Waals surface area contributed by atoms with E-state index in [1.165, 1.54) is 0 Å². The highest BCUT2D eigenvalue weighted by Crippen LogP contribution is 2.29. The van der Waals surface area contributed by atoms with E-state index in [-0.39, 0.29) is 11.0 Å². The second kappa shape index (κ2) is 9.56. The van der Waals surface area contributed by atoms with E-state index in [0.29, 0.717) is 15.6 Å². The van der Waals surface area contributed by atoms with E-state index in [2.05, 4.69) is 27.4 Å². The molecule has 1 amide bonds. The first-order valence-corrected chi connectivity index (χ1v) is 10.3. The molecule has 28 heavy (non-hydrogen) atoms. The van der Waals surface area contributed by atoms with Crippen LogP contribution >= 0.6 is 35.4 Å². The molecular weight excluding hydrogens is 415 g/mol. The van der Waals surface area contributed by atoms with Crippen LogP contribution in [0.1, 0.15) is 17.3 Å². The second-order valence-electron chi connectivity index (χ2n) is 6.50. The van der Waals surface area contributed by atoms with Gasteiger partial charge in [0.05, 0.1) is 10.7 Å². The maximum Gasteiger partial charge on any atom is 0.257 e. The van der Waals surface area contributed by atoms with E-state index in [1.807, 2.05) is 18.2 Å². The van der Waals surface area contributed by atoms with Gasteiger partial charge in [-0.25, -0.2) is 0 Å². The monoisotopic (exact) mass is 436 g/mol. The van der Waals surface area contributed by atoms with E-state index in [0.717, 1.165) is 44.1 Å². The molecule has 1 aliphatic heterocycles. The highest BCUT2D eigenvalue weighted by atomic mass is 35.5. The minimum atomic E-state index is -0.300. The third kappa shape index (κ3) is 5.35. The predicted octanol–water partition coefficient (Wildman–Crippen LogP) is 4.26. The lowest BCUT2D eigenvalue weighted by atomic mass is 10.2. The molecule has 0 bridgehead atoms. The molecule has 2 aromatic carbocycles. The third-order valence-electron chi connectivity index (χ3n) is 4.70. The van der Waals surface area contributed by atoms with Crippen molar-refractivity contribution in [2.75, 3.05) is 42.9 Å². The molecule has 0 aromatic heterocycles. The number of anilines is 2. The Labute approximate surface area is 180 Å². The number of carbonyl (C=O) groups is 1. The van der Waals surface area contributed by atoms with Gasteiger partial charge in [0.25, 0.3) is 5.91 Å². The Balaban J connectivity index is 1.58. The van der Waals surface area contributed by atoms with Crippen molar-refractivity contribution in [3.8, 4) is 0 Å². The van der Waals surface area contributed by atoms with Gasteiger partial charge in [-0.1, -0.05) is 30.1 Å². The Morgan fingerprint density at radius 2 is 1.75 bits per heavy atom. The summed E-state index contributed by atoms with van der Waals surface area (Å²) in [7, 11) is 0. The molecule has 0 atom stereocenters. The molecule has 5 nitrogen and oxygen atoms in total. The van der Waals surface area contributed by atoms with Crippen LogP contribution in [0.4, 0.5) is 11.4 Å². The summed E-state index contributed by atoms with van der Waals surface area (Å²) >= 11 is 17.6. The molecule has 0 radical (unpaired) electrons. The van der Waals surface area contributed by atoms with Gasteiger partial charge in [-0.05, 0) is 61.2 Å². The maximum atomic E-state index is 12.2. The SMILES string of the molecule is CCN1CCN(c2ccc(NC(=S)NC(=O)c3ccc(Cl)cc3)cc2Cl)CC1. The summed E-state index contributed by atoms with van der Waals surface area (Å²) in [6.45, 7) is 7.23. The molecule has 1 heterocycles. The molecule has 2 N–H and O–H groups in total. The van der Waals surface area contributed by atoms with Gasteiger partial charge in [0, 0.05) is 42.5 Å². The minimum absolute atomic E-state index is 0.209. The number of piperazine rings is 1. The highest BCUT2D eigenvalue weighted by molar-refractivity contribution is 7.80. The first-order chi connectivity index (χ1) is 13.5. The molecule has 0 unspecified atom stereocenters. The molecule has 1 saturated heterocycles. The van der Waals surface area contributed by atoms with Crippen LogP contribution in [0.15, 0.2) is 42.5 Å². The van der Waals surface area contributed by atoms with Crippen LogP contribution in [0.2, 0.25) is 10.0 Å². The van der Waals surface area contributed by atoms with Crippen molar-refractivity contribution in [3.63, 3.8) is 0 Å². The van der Waals surface area contributed by atoms with Gasteiger partial charge < -0.3 is 15.1 Å². The Bertz CT molecular complexity index is 852. The summed E-state index contributed by atoms with van der Waals surface area (Å²) in [6.07, 6.45) is 0. The number of thiocarbonyl (C=S) groups is 1. The predicted molar refractivity (Wildman–Crippen MR) is 121 cm³/mol. The fraction of sp³-hybridized carbons (Fsp3) is 0.300.